The Balaban J connectivity index is 1.50. The highest BCUT2D eigenvalue weighted by molar-refractivity contribution is 6.01. The predicted molar refractivity (Wildman–Crippen MR) is 172 cm³/mol. The van der Waals surface area contributed by atoms with Gasteiger partial charge in [0.05, 0.1) is 12.3 Å². The molecule has 4 amide bonds. The maximum absolute atomic E-state index is 15.6. The molecule has 3 atom stereocenters. The number of nitrogens with zero attached hydrogens (tertiary/aromatic N) is 4. The van der Waals surface area contributed by atoms with Gasteiger partial charge in [-0.3, -0.25) is 24.1 Å². The zero-order valence-corrected chi connectivity index (χ0v) is 27.8. The van der Waals surface area contributed by atoms with Crippen molar-refractivity contribution in [3.05, 3.63) is 41.0 Å². The largest absolute Gasteiger partial charge is 0.395 e. The van der Waals surface area contributed by atoms with E-state index in [1.807, 2.05) is 6.92 Å². The lowest BCUT2D eigenvalue weighted by atomic mass is 9.79. The second-order valence-electron chi connectivity index (χ2n) is 12.7. The number of piperazine rings is 1. The Bertz CT molecular complexity index is 1390. The number of rotatable bonds is 13. The number of carbonyl (C=O) groups is 4. The Labute approximate surface area is 275 Å². The smallest absolute Gasteiger partial charge is 0.276 e. The molecule has 13 nitrogen and oxygen atoms in total. The van der Waals surface area contributed by atoms with Crippen LogP contribution in [0.1, 0.15) is 87.5 Å². The van der Waals surface area contributed by atoms with E-state index in [1.54, 1.807) is 24.8 Å². The zero-order chi connectivity index (χ0) is 34.1. The van der Waals surface area contributed by atoms with Crippen LogP contribution in [0.25, 0.3) is 0 Å². The molecule has 1 saturated heterocycles. The fraction of sp³-hybridized carbons (Fsp3) is 0.636. The van der Waals surface area contributed by atoms with Gasteiger partial charge in [0.25, 0.3) is 5.91 Å². The number of aryl methyl sites for hydroxylation is 1. The zero-order valence-electron chi connectivity index (χ0n) is 27.8. The molecule has 2 heterocycles. The van der Waals surface area contributed by atoms with Gasteiger partial charge in [0.1, 0.15) is 23.6 Å². The van der Waals surface area contributed by atoms with Gasteiger partial charge in [-0.25, -0.2) is 9.02 Å². The van der Waals surface area contributed by atoms with E-state index in [-0.39, 0.29) is 42.1 Å². The Morgan fingerprint density at radius 3 is 2.36 bits per heavy atom. The molecule has 2 fully saturated rings. The van der Waals surface area contributed by atoms with E-state index < -0.39 is 35.6 Å². The van der Waals surface area contributed by atoms with Crippen LogP contribution in [0.2, 0.25) is 0 Å². The standard InChI is InChI=1S/C33H48FN7O6/c1-5-25-30(39-47-38-25)32(45)37-29(22-9-7-20(3)8-10-22)31(44)35-26-12-11-23(19-24(26)34)21(4)28(36-27(43)6-2)33(46)41-15-13-40(14-16-41)17-18-42/h11-12,19-22,28-29,42H,5-10,13-18H2,1-4H3,(H,35,44)(H,36,43)(H,37,45)/t20-,21-,22-,28+,29-/m0/s1. The number of amides is 4. The molecule has 258 valence electrons. The highest BCUT2D eigenvalue weighted by atomic mass is 19.1. The predicted octanol–water partition coefficient (Wildman–Crippen LogP) is 2.47. The lowest BCUT2D eigenvalue weighted by Gasteiger charge is -2.37. The third kappa shape index (κ3) is 9.13. The molecule has 0 unspecified atom stereocenters. The Kier molecular flexibility index (Phi) is 12.8. The van der Waals surface area contributed by atoms with E-state index in [0.717, 1.165) is 25.7 Å². The third-order valence-corrected chi connectivity index (χ3v) is 9.49. The lowest BCUT2D eigenvalue weighted by molar-refractivity contribution is -0.138. The van der Waals surface area contributed by atoms with E-state index in [9.17, 15) is 24.3 Å². The summed E-state index contributed by atoms with van der Waals surface area (Å²) in [7, 11) is 0. The van der Waals surface area contributed by atoms with Gasteiger partial charge in [-0.15, -0.1) is 0 Å². The molecule has 4 N–H and O–H groups in total. The molecule has 47 heavy (non-hydrogen) atoms. The van der Waals surface area contributed by atoms with Crippen molar-refractivity contribution >= 4 is 29.3 Å². The summed E-state index contributed by atoms with van der Waals surface area (Å²) in [5, 5.41) is 25.0. The fourth-order valence-electron chi connectivity index (χ4n) is 6.36. The van der Waals surface area contributed by atoms with Gasteiger partial charge in [0.2, 0.25) is 17.7 Å². The van der Waals surface area contributed by atoms with Crippen molar-refractivity contribution in [2.75, 3.05) is 44.6 Å². The second kappa shape index (κ2) is 16.8. The summed E-state index contributed by atoms with van der Waals surface area (Å²) in [4.78, 5) is 56.6. The van der Waals surface area contributed by atoms with Crippen LogP contribution in [-0.2, 0) is 20.8 Å². The number of benzene rings is 1. The molecule has 1 aromatic heterocycles. The molecule has 2 aliphatic rings. The summed E-state index contributed by atoms with van der Waals surface area (Å²) in [6.07, 6.45) is 3.88. The van der Waals surface area contributed by atoms with E-state index in [0.29, 0.717) is 56.3 Å². The molecule has 0 bridgehead atoms. The van der Waals surface area contributed by atoms with Crippen molar-refractivity contribution in [2.45, 2.75) is 84.2 Å². The molecule has 1 aliphatic heterocycles. The number of hydrogen-bond acceptors (Lipinski definition) is 9. The van der Waals surface area contributed by atoms with Crippen molar-refractivity contribution in [1.82, 2.24) is 30.7 Å². The van der Waals surface area contributed by atoms with Crippen LogP contribution in [0, 0.1) is 17.7 Å². The van der Waals surface area contributed by atoms with Gasteiger partial charge in [-0.1, -0.05) is 51.8 Å². The number of aliphatic hydroxyl groups is 1. The average molecular weight is 658 g/mol. The van der Waals surface area contributed by atoms with Gasteiger partial charge < -0.3 is 26.0 Å². The van der Waals surface area contributed by atoms with Gasteiger partial charge in [-0.2, -0.15) is 0 Å². The van der Waals surface area contributed by atoms with E-state index in [2.05, 4.69) is 38.1 Å². The number of anilines is 1. The Morgan fingerprint density at radius 1 is 1.04 bits per heavy atom. The first-order chi connectivity index (χ1) is 22.6. The van der Waals surface area contributed by atoms with Crippen LogP contribution >= 0.6 is 0 Å². The van der Waals surface area contributed by atoms with Gasteiger partial charge in [0, 0.05) is 45.1 Å². The Hall–Kier alpha value is -3.91. The molecular formula is C33H48FN7O6. The molecule has 0 radical (unpaired) electrons. The van der Waals surface area contributed by atoms with Gasteiger partial charge >= 0.3 is 0 Å². The van der Waals surface area contributed by atoms with Crippen molar-refractivity contribution in [2.24, 2.45) is 11.8 Å². The number of nitrogens with one attached hydrogen (secondary N) is 3. The first kappa shape index (κ1) is 35.9. The number of hydrogen-bond donors (Lipinski definition) is 4. The van der Waals surface area contributed by atoms with Gasteiger partial charge in [-0.05, 0) is 54.0 Å². The second-order valence-corrected chi connectivity index (χ2v) is 12.7. The van der Waals surface area contributed by atoms with Crippen LogP contribution in [0.3, 0.4) is 0 Å². The highest BCUT2D eigenvalue weighted by Gasteiger charge is 2.36. The lowest BCUT2D eigenvalue weighted by Crippen LogP contribution is -2.56. The van der Waals surface area contributed by atoms with Crippen molar-refractivity contribution in [3.63, 3.8) is 0 Å². The summed E-state index contributed by atoms with van der Waals surface area (Å²) in [6.45, 7) is 10.1. The van der Waals surface area contributed by atoms with Crippen molar-refractivity contribution in [1.29, 1.82) is 0 Å². The summed E-state index contributed by atoms with van der Waals surface area (Å²) in [5.41, 5.74) is 0.814. The topological polar surface area (TPSA) is 170 Å². The highest BCUT2D eigenvalue weighted by Crippen LogP contribution is 2.32. The van der Waals surface area contributed by atoms with Crippen LogP contribution in [0.15, 0.2) is 22.8 Å². The van der Waals surface area contributed by atoms with Crippen LogP contribution in [-0.4, -0.2) is 100 Å². The van der Waals surface area contributed by atoms with E-state index in [4.69, 9.17) is 4.63 Å². The normalized spacial score (nSPS) is 20.6. The molecule has 1 saturated carbocycles. The molecular weight excluding hydrogens is 609 g/mol. The molecule has 1 aromatic carbocycles. The molecule has 4 rings (SSSR count). The number of aliphatic hydroxyl groups excluding tert-OH is 1. The summed E-state index contributed by atoms with van der Waals surface area (Å²) < 4.78 is 20.4. The SMILES string of the molecule is CCC(=O)N[C@@H](C(=O)N1CCN(CCO)CC1)[C@@H](C)c1ccc(NC(=O)[C@@H](NC(=O)c2nonc2CC)[C@H]2CC[C@H](C)CC2)c(F)c1. The summed E-state index contributed by atoms with van der Waals surface area (Å²) in [5.74, 6) is -2.59. The van der Waals surface area contributed by atoms with Gasteiger partial charge in [0.15, 0.2) is 5.69 Å². The van der Waals surface area contributed by atoms with E-state index >= 15 is 4.39 Å². The minimum absolute atomic E-state index is 0.0188. The number of carbonyl (C=O) groups excluding carboxylic acids is 4. The number of β-amino-alcohol motifs (C(OH)–C–C–N with tert-alkyl or cyclic N) is 1. The third-order valence-electron chi connectivity index (χ3n) is 9.49. The molecule has 1 aliphatic carbocycles. The fourth-order valence-corrected chi connectivity index (χ4v) is 6.36. The first-order valence-electron chi connectivity index (χ1n) is 16.7. The first-order valence-corrected chi connectivity index (χ1v) is 16.7. The van der Waals surface area contributed by atoms with Crippen LogP contribution in [0.4, 0.5) is 10.1 Å². The monoisotopic (exact) mass is 657 g/mol. The maximum atomic E-state index is 15.6. The van der Waals surface area contributed by atoms with Crippen LogP contribution < -0.4 is 16.0 Å². The maximum Gasteiger partial charge on any atom is 0.276 e. The van der Waals surface area contributed by atoms with E-state index in [1.165, 1.54) is 12.1 Å². The molecule has 14 heteroatoms. The van der Waals surface area contributed by atoms with Crippen molar-refractivity contribution < 1.29 is 33.3 Å². The minimum atomic E-state index is -0.932. The average Bonchev–Trinajstić information content (AvgIpc) is 3.56. The Morgan fingerprint density at radius 2 is 1.74 bits per heavy atom. The molecule has 2 aromatic rings. The number of halogens is 1. The molecule has 0 spiro atoms. The quantitative estimate of drug-likeness (QED) is 0.253. The summed E-state index contributed by atoms with van der Waals surface area (Å²) in [6, 6.07) is 2.49. The number of aromatic nitrogens is 2. The minimum Gasteiger partial charge on any atom is -0.395 e. The summed E-state index contributed by atoms with van der Waals surface area (Å²) >= 11 is 0. The van der Waals surface area contributed by atoms with Crippen LogP contribution in [0.5, 0.6) is 0 Å². The van der Waals surface area contributed by atoms with Crippen molar-refractivity contribution in [3.8, 4) is 0 Å².